The molecule has 17 heavy (non-hydrogen) atoms. The molecule has 0 aromatic rings. The summed E-state index contributed by atoms with van der Waals surface area (Å²) in [4.78, 5) is 23.9. The second kappa shape index (κ2) is 8.03. The molecule has 1 atom stereocenters. The van der Waals surface area contributed by atoms with Crippen LogP contribution in [0.25, 0.3) is 0 Å². The average molecular weight is 246 g/mol. The molecule has 0 aromatic carbocycles. The van der Waals surface area contributed by atoms with Gasteiger partial charge in [-0.15, -0.1) is 0 Å². The fraction of sp³-hybridized carbons (Fsp3) is 0.818. The number of amides is 1. The number of carbonyl (C=O) groups excluding carboxylic acids is 1. The Bertz CT molecular complexity index is 256. The lowest BCUT2D eigenvalue weighted by Crippen LogP contribution is -2.47. The van der Waals surface area contributed by atoms with Crippen molar-refractivity contribution in [1.29, 1.82) is 0 Å². The predicted molar refractivity (Wildman–Crippen MR) is 63.4 cm³/mol. The van der Waals surface area contributed by atoms with E-state index in [9.17, 15) is 9.59 Å². The summed E-state index contributed by atoms with van der Waals surface area (Å²) in [6, 6.07) is -0.794. The summed E-state index contributed by atoms with van der Waals surface area (Å²) >= 11 is 0. The van der Waals surface area contributed by atoms with Crippen molar-refractivity contribution in [3.05, 3.63) is 0 Å². The Hall–Kier alpha value is -1.14. The third kappa shape index (κ3) is 6.23. The summed E-state index contributed by atoms with van der Waals surface area (Å²) in [5.74, 6) is -1.21. The molecule has 0 saturated heterocycles. The molecule has 0 bridgehead atoms. The third-order valence-electron chi connectivity index (χ3n) is 2.45. The maximum absolute atomic E-state index is 11.9. The molecule has 0 heterocycles. The zero-order chi connectivity index (χ0) is 13.4. The fourth-order valence-electron chi connectivity index (χ4n) is 1.48. The molecule has 0 saturated carbocycles. The second-order valence-corrected chi connectivity index (χ2v) is 4.24. The zero-order valence-corrected chi connectivity index (χ0v) is 10.4. The Kier molecular flexibility index (Phi) is 7.49. The lowest BCUT2D eigenvalue weighted by atomic mass is 10.1. The molecule has 0 aliphatic heterocycles. The monoisotopic (exact) mass is 246 g/mol. The van der Waals surface area contributed by atoms with Gasteiger partial charge in [-0.3, -0.25) is 9.59 Å². The number of hydrogen-bond acceptors (Lipinski definition) is 4. The van der Waals surface area contributed by atoms with Crippen molar-refractivity contribution in [3.8, 4) is 0 Å². The molecule has 0 aliphatic rings. The first-order valence-electron chi connectivity index (χ1n) is 5.78. The van der Waals surface area contributed by atoms with Crippen molar-refractivity contribution in [2.24, 2.45) is 5.73 Å². The normalized spacial score (nSPS) is 12.5. The van der Waals surface area contributed by atoms with Gasteiger partial charge in [0.1, 0.15) is 0 Å². The van der Waals surface area contributed by atoms with Gasteiger partial charge in [-0.2, -0.15) is 0 Å². The minimum absolute atomic E-state index is 0.00933. The van der Waals surface area contributed by atoms with Crippen LogP contribution in [-0.4, -0.2) is 52.2 Å². The summed E-state index contributed by atoms with van der Waals surface area (Å²) in [6.45, 7) is 4.17. The summed E-state index contributed by atoms with van der Waals surface area (Å²) in [7, 11) is 0. The predicted octanol–water partition coefficient (Wildman–Crippen LogP) is -0.202. The van der Waals surface area contributed by atoms with Crippen LogP contribution in [0.4, 0.5) is 0 Å². The van der Waals surface area contributed by atoms with Crippen LogP contribution in [-0.2, 0) is 9.59 Å². The molecule has 0 fully saturated rings. The van der Waals surface area contributed by atoms with Crippen LogP contribution < -0.4 is 5.73 Å². The van der Waals surface area contributed by atoms with E-state index in [1.165, 1.54) is 0 Å². The molecule has 1 amide bonds. The molecular formula is C11H22N2O4. The summed E-state index contributed by atoms with van der Waals surface area (Å²) in [6.07, 6.45) is 0.519. The molecule has 6 nitrogen and oxygen atoms in total. The number of aliphatic hydroxyl groups excluding tert-OH is 1. The van der Waals surface area contributed by atoms with Crippen molar-refractivity contribution in [1.82, 2.24) is 4.90 Å². The number of carboxylic acid groups (broad SMARTS) is 1. The lowest BCUT2D eigenvalue weighted by molar-refractivity contribution is -0.138. The molecule has 0 rings (SSSR count). The third-order valence-corrected chi connectivity index (χ3v) is 2.45. The molecule has 0 radical (unpaired) electrons. The fourth-order valence-corrected chi connectivity index (χ4v) is 1.48. The van der Waals surface area contributed by atoms with Gasteiger partial charge < -0.3 is 20.8 Å². The van der Waals surface area contributed by atoms with Crippen molar-refractivity contribution >= 4 is 11.9 Å². The van der Waals surface area contributed by atoms with Gasteiger partial charge in [0, 0.05) is 25.6 Å². The number of carbonyl (C=O) groups is 2. The van der Waals surface area contributed by atoms with Crippen LogP contribution in [0.3, 0.4) is 0 Å². The van der Waals surface area contributed by atoms with Crippen LogP contribution in [0.1, 0.15) is 33.1 Å². The minimum Gasteiger partial charge on any atom is -0.481 e. The largest absolute Gasteiger partial charge is 0.481 e. The van der Waals surface area contributed by atoms with Crippen molar-refractivity contribution in [2.45, 2.75) is 45.2 Å². The molecule has 100 valence electrons. The maximum Gasteiger partial charge on any atom is 0.303 e. The summed E-state index contributed by atoms with van der Waals surface area (Å²) in [5.41, 5.74) is 5.66. The van der Waals surface area contributed by atoms with Crippen molar-refractivity contribution in [2.75, 3.05) is 13.2 Å². The molecule has 0 aromatic heterocycles. The van der Waals surface area contributed by atoms with Crippen LogP contribution in [0.2, 0.25) is 0 Å². The molecule has 0 spiro atoms. The van der Waals surface area contributed by atoms with Gasteiger partial charge in [0.15, 0.2) is 0 Å². The Morgan fingerprint density at radius 2 is 1.94 bits per heavy atom. The molecular weight excluding hydrogens is 224 g/mol. The maximum atomic E-state index is 11.9. The quantitative estimate of drug-likeness (QED) is 0.550. The van der Waals surface area contributed by atoms with Gasteiger partial charge >= 0.3 is 5.97 Å². The highest BCUT2D eigenvalue weighted by Gasteiger charge is 2.23. The Balaban J connectivity index is 4.33. The second-order valence-electron chi connectivity index (χ2n) is 4.24. The van der Waals surface area contributed by atoms with Crippen LogP contribution in [0, 0.1) is 0 Å². The Morgan fingerprint density at radius 1 is 1.35 bits per heavy atom. The van der Waals surface area contributed by atoms with E-state index in [2.05, 4.69) is 0 Å². The van der Waals surface area contributed by atoms with Gasteiger partial charge in [-0.25, -0.2) is 0 Å². The van der Waals surface area contributed by atoms with Gasteiger partial charge in [0.2, 0.25) is 5.91 Å². The average Bonchev–Trinajstić information content (AvgIpc) is 2.25. The highest BCUT2D eigenvalue weighted by atomic mass is 16.4. The van der Waals surface area contributed by atoms with E-state index in [1.54, 1.807) is 4.90 Å². The van der Waals surface area contributed by atoms with E-state index in [0.29, 0.717) is 13.0 Å². The number of nitrogens with zero attached hydrogens (tertiary/aromatic N) is 1. The number of rotatable bonds is 8. The number of hydrogen-bond donors (Lipinski definition) is 3. The van der Waals surface area contributed by atoms with Crippen LogP contribution in [0.15, 0.2) is 0 Å². The van der Waals surface area contributed by atoms with Crippen molar-refractivity contribution in [3.63, 3.8) is 0 Å². The first-order chi connectivity index (χ1) is 7.90. The van der Waals surface area contributed by atoms with Crippen LogP contribution >= 0.6 is 0 Å². The Labute approximate surface area is 101 Å². The van der Waals surface area contributed by atoms with E-state index in [-0.39, 0.29) is 31.4 Å². The van der Waals surface area contributed by atoms with Crippen molar-refractivity contribution < 1.29 is 19.8 Å². The summed E-state index contributed by atoms with van der Waals surface area (Å²) in [5, 5.41) is 17.3. The molecule has 1 unspecified atom stereocenters. The zero-order valence-electron chi connectivity index (χ0n) is 10.4. The van der Waals surface area contributed by atoms with E-state index in [1.807, 2.05) is 13.8 Å². The minimum atomic E-state index is -0.959. The standard InChI is InChI=1S/C11H22N2O4/c1-8(2)13(6-3-7-14)11(17)9(12)4-5-10(15)16/h8-9,14H,3-7,12H2,1-2H3,(H,15,16). The van der Waals surface area contributed by atoms with E-state index in [4.69, 9.17) is 15.9 Å². The van der Waals surface area contributed by atoms with Gasteiger partial charge in [0.05, 0.1) is 6.04 Å². The van der Waals surface area contributed by atoms with E-state index in [0.717, 1.165) is 0 Å². The molecule has 0 aliphatic carbocycles. The van der Waals surface area contributed by atoms with E-state index >= 15 is 0 Å². The number of aliphatic hydroxyl groups is 1. The number of nitrogens with two attached hydrogens (primary N) is 1. The highest BCUT2D eigenvalue weighted by Crippen LogP contribution is 2.06. The van der Waals surface area contributed by atoms with E-state index < -0.39 is 12.0 Å². The molecule has 4 N–H and O–H groups in total. The smallest absolute Gasteiger partial charge is 0.303 e. The first-order valence-corrected chi connectivity index (χ1v) is 5.78. The Morgan fingerprint density at radius 3 is 2.35 bits per heavy atom. The highest BCUT2D eigenvalue weighted by molar-refractivity contribution is 5.82. The molecule has 6 heteroatoms. The number of carboxylic acids is 1. The van der Waals surface area contributed by atoms with Gasteiger partial charge in [-0.05, 0) is 26.7 Å². The number of aliphatic carboxylic acids is 1. The SMILES string of the molecule is CC(C)N(CCCO)C(=O)C(N)CCC(=O)O. The van der Waals surface area contributed by atoms with Crippen LogP contribution in [0.5, 0.6) is 0 Å². The summed E-state index contributed by atoms with van der Waals surface area (Å²) < 4.78 is 0. The lowest BCUT2D eigenvalue weighted by Gasteiger charge is -2.29. The first kappa shape index (κ1) is 15.9. The van der Waals surface area contributed by atoms with Gasteiger partial charge in [0.25, 0.3) is 0 Å². The van der Waals surface area contributed by atoms with Gasteiger partial charge in [-0.1, -0.05) is 0 Å². The topological polar surface area (TPSA) is 104 Å².